The molecular weight excluding hydrogens is 282 g/mol. The van der Waals surface area contributed by atoms with E-state index in [9.17, 15) is 14.7 Å². The molecule has 0 saturated carbocycles. The Bertz CT molecular complexity index is 507. The molecule has 0 bridgehead atoms. The van der Waals surface area contributed by atoms with Crippen molar-refractivity contribution >= 4 is 12.1 Å². The SMILES string of the molecule is CC(c1ccccc1)C(CN(C)C(=O)OC(C)(C)C)C(=O)O. The number of carboxylic acids is 1. The highest BCUT2D eigenvalue weighted by molar-refractivity contribution is 5.73. The molecule has 0 aliphatic heterocycles. The second-order valence-corrected chi connectivity index (χ2v) is 6.50. The first-order valence-electron chi connectivity index (χ1n) is 7.33. The van der Waals surface area contributed by atoms with Gasteiger partial charge in [-0.2, -0.15) is 0 Å². The third-order valence-electron chi connectivity index (χ3n) is 3.42. The Morgan fingerprint density at radius 2 is 1.77 bits per heavy atom. The number of carbonyl (C=O) groups is 2. The van der Waals surface area contributed by atoms with E-state index in [0.717, 1.165) is 5.56 Å². The van der Waals surface area contributed by atoms with Crippen LogP contribution in [0.5, 0.6) is 0 Å². The van der Waals surface area contributed by atoms with E-state index in [1.165, 1.54) is 4.90 Å². The van der Waals surface area contributed by atoms with E-state index in [1.807, 2.05) is 37.3 Å². The number of carboxylic acid groups (broad SMARTS) is 1. The third kappa shape index (κ3) is 5.39. The number of aliphatic carboxylic acids is 1. The smallest absolute Gasteiger partial charge is 0.410 e. The monoisotopic (exact) mass is 307 g/mol. The lowest BCUT2D eigenvalue weighted by molar-refractivity contribution is -0.142. The molecule has 2 unspecified atom stereocenters. The highest BCUT2D eigenvalue weighted by atomic mass is 16.6. The molecule has 1 aromatic rings. The Morgan fingerprint density at radius 3 is 2.23 bits per heavy atom. The predicted molar refractivity (Wildman–Crippen MR) is 84.8 cm³/mol. The topological polar surface area (TPSA) is 66.8 Å². The van der Waals surface area contributed by atoms with Crippen LogP contribution in [0.25, 0.3) is 0 Å². The number of nitrogens with zero attached hydrogens (tertiary/aromatic N) is 1. The first-order chi connectivity index (χ1) is 10.1. The average molecular weight is 307 g/mol. The highest BCUT2D eigenvalue weighted by Crippen LogP contribution is 2.25. The molecule has 0 radical (unpaired) electrons. The molecule has 0 saturated heterocycles. The Hall–Kier alpha value is -2.04. The standard InChI is InChI=1S/C17H25NO4/c1-12(13-9-7-6-8-10-13)14(15(19)20)11-18(5)16(21)22-17(2,3)4/h6-10,12,14H,11H2,1-5H3,(H,19,20). The molecule has 122 valence electrons. The van der Waals surface area contributed by atoms with Crippen molar-refractivity contribution in [3.8, 4) is 0 Å². The van der Waals surface area contributed by atoms with Crippen molar-refractivity contribution in [2.75, 3.05) is 13.6 Å². The lowest BCUT2D eigenvalue weighted by atomic mass is 9.87. The number of carbonyl (C=O) groups excluding carboxylic acids is 1. The van der Waals surface area contributed by atoms with Gasteiger partial charge >= 0.3 is 12.1 Å². The van der Waals surface area contributed by atoms with Crippen molar-refractivity contribution in [1.82, 2.24) is 4.90 Å². The maximum atomic E-state index is 12.0. The Kier molecular flexibility index (Phi) is 5.97. The van der Waals surface area contributed by atoms with Gasteiger partial charge in [-0.25, -0.2) is 4.79 Å². The summed E-state index contributed by atoms with van der Waals surface area (Å²) in [6.07, 6.45) is -0.515. The molecule has 0 heterocycles. The van der Waals surface area contributed by atoms with E-state index in [-0.39, 0.29) is 12.5 Å². The summed E-state index contributed by atoms with van der Waals surface area (Å²) in [7, 11) is 1.56. The van der Waals surface area contributed by atoms with Crippen LogP contribution < -0.4 is 0 Å². The van der Waals surface area contributed by atoms with Gasteiger partial charge in [0.15, 0.2) is 0 Å². The molecule has 1 rings (SSSR count). The zero-order valence-electron chi connectivity index (χ0n) is 13.9. The van der Waals surface area contributed by atoms with E-state index in [0.29, 0.717) is 0 Å². The van der Waals surface area contributed by atoms with Crippen LogP contribution in [0, 0.1) is 5.92 Å². The second kappa shape index (κ2) is 7.29. The molecule has 1 aromatic carbocycles. The van der Waals surface area contributed by atoms with E-state index < -0.39 is 23.6 Å². The first kappa shape index (κ1) is 18.0. The molecule has 0 aliphatic rings. The summed E-state index contributed by atoms with van der Waals surface area (Å²) in [5.41, 5.74) is 0.335. The molecule has 0 aliphatic carbocycles. The Balaban J connectivity index is 2.80. The summed E-state index contributed by atoms with van der Waals surface area (Å²) >= 11 is 0. The number of hydrogen-bond acceptors (Lipinski definition) is 3. The molecule has 2 atom stereocenters. The van der Waals surface area contributed by atoms with Gasteiger partial charge in [0, 0.05) is 13.6 Å². The fourth-order valence-corrected chi connectivity index (χ4v) is 2.15. The summed E-state index contributed by atoms with van der Waals surface area (Å²) in [4.78, 5) is 24.9. The first-order valence-corrected chi connectivity index (χ1v) is 7.33. The van der Waals surface area contributed by atoms with Gasteiger partial charge < -0.3 is 14.7 Å². The third-order valence-corrected chi connectivity index (χ3v) is 3.42. The summed E-state index contributed by atoms with van der Waals surface area (Å²) in [5.74, 6) is -1.82. The zero-order valence-corrected chi connectivity index (χ0v) is 13.9. The highest BCUT2D eigenvalue weighted by Gasteiger charge is 2.30. The van der Waals surface area contributed by atoms with Crippen molar-refractivity contribution in [1.29, 1.82) is 0 Å². The van der Waals surface area contributed by atoms with Gasteiger partial charge in [0.1, 0.15) is 5.60 Å². The quantitative estimate of drug-likeness (QED) is 0.905. The van der Waals surface area contributed by atoms with Crippen LogP contribution in [0.15, 0.2) is 30.3 Å². The van der Waals surface area contributed by atoms with E-state index in [2.05, 4.69) is 0 Å². The lowest BCUT2D eigenvalue weighted by Gasteiger charge is -2.28. The molecule has 0 aromatic heterocycles. The Morgan fingerprint density at radius 1 is 1.23 bits per heavy atom. The molecule has 22 heavy (non-hydrogen) atoms. The molecule has 0 fully saturated rings. The van der Waals surface area contributed by atoms with Crippen molar-refractivity contribution in [2.45, 2.75) is 39.2 Å². The molecule has 5 heteroatoms. The van der Waals surface area contributed by atoms with Crippen LogP contribution in [0.2, 0.25) is 0 Å². The van der Waals surface area contributed by atoms with Gasteiger partial charge in [0.25, 0.3) is 0 Å². The summed E-state index contributed by atoms with van der Waals surface area (Å²) in [6.45, 7) is 7.29. The summed E-state index contributed by atoms with van der Waals surface area (Å²) in [5, 5.41) is 9.49. The van der Waals surface area contributed by atoms with E-state index >= 15 is 0 Å². The maximum absolute atomic E-state index is 12.0. The molecule has 1 N–H and O–H groups in total. The largest absolute Gasteiger partial charge is 0.481 e. The van der Waals surface area contributed by atoms with Gasteiger partial charge in [0.05, 0.1) is 5.92 Å². The molecule has 1 amide bonds. The van der Waals surface area contributed by atoms with E-state index in [1.54, 1.807) is 27.8 Å². The fraction of sp³-hybridized carbons (Fsp3) is 0.529. The zero-order chi connectivity index (χ0) is 16.9. The summed E-state index contributed by atoms with van der Waals surface area (Å²) < 4.78 is 5.26. The number of rotatable bonds is 5. The van der Waals surface area contributed by atoms with Crippen LogP contribution in [0.1, 0.15) is 39.2 Å². The number of hydrogen-bond donors (Lipinski definition) is 1. The minimum atomic E-state index is -0.924. The normalized spacial score (nSPS) is 14.0. The van der Waals surface area contributed by atoms with Crippen molar-refractivity contribution in [3.63, 3.8) is 0 Å². The number of amides is 1. The van der Waals surface area contributed by atoms with Crippen LogP contribution in [0.4, 0.5) is 4.79 Å². The second-order valence-electron chi connectivity index (χ2n) is 6.50. The van der Waals surface area contributed by atoms with Crippen LogP contribution >= 0.6 is 0 Å². The summed E-state index contributed by atoms with van der Waals surface area (Å²) in [6, 6.07) is 9.44. The van der Waals surface area contributed by atoms with Gasteiger partial charge in [0.2, 0.25) is 0 Å². The Labute approximate surface area is 131 Å². The van der Waals surface area contributed by atoms with Crippen LogP contribution in [0.3, 0.4) is 0 Å². The average Bonchev–Trinajstić information content (AvgIpc) is 2.42. The van der Waals surface area contributed by atoms with Gasteiger partial charge in [-0.3, -0.25) is 4.79 Å². The van der Waals surface area contributed by atoms with Gasteiger partial charge in [-0.05, 0) is 32.3 Å². The minimum Gasteiger partial charge on any atom is -0.481 e. The molecular formula is C17H25NO4. The minimum absolute atomic E-state index is 0.0975. The van der Waals surface area contributed by atoms with Gasteiger partial charge in [-0.1, -0.05) is 37.3 Å². The fourth-order valence-electron chi connectivity index (χ4n) is 2.15. The maximum Gasteiger partial charge on any atom is 0.410 e. The van der Waals surface area contributed by atoms with Crippen molar-refractivity contribution in [2.24, 2.45) is 5.92 Å². The predicted octanol–water partition coefficient (Wildman–Crippen LogP) is 3.36. The molecule has 5 nitrogen and oxygen atoms in total. The van der Waals surface area contributed by atoms with E-state index in [4.69, 9.17) is 4.74 Å². The van der Waals surface area contributed by atoms with Crippen molar-refractivity contribution in [3.05, 3.63) is 35.9 Å². The number of benzene rings is 1. The van der Waals surface area contributed by atoms with Gasteiger partial charge in [-0.15, -0.1) is 0 Å². The molecule has 0 spiro atoms. The lowest BCUT2D eigenvalue weighted by Crippen LogP contribution is -2.40. The van der Waals surface area contributed by atoms with Crippen LogP contribution in [-0.4, -0.2) is 41.3 Å². The van der Waals surface area contributed by atoms with Crippen LogP contribution in [-0.2, 0) is 9.53 Å². The number of ether oxygens (including phenoxy) is 1. The van der Waals surface area contributed by atoms with Crippen molar-refractivity contribution < 1.29 is 19.4 Å².